The van der Waals surface area contributed by atoms with Crippen LogP contribution < -0.4 is 0 Å². The van der Waals surface area contributed by atoms with Crippen molar-refractivity contribution in [2.24, 2.45) is 0 Å². The molecule has 82 valence electrons. The summed E-state index contributed by atoms with van der Waals surface area (Å²) in [5.74, 6) is -0.214. The van der Waals surface area contributed by atoms with Crippen LogP contribution in [-0.2, 0) is 0 Å². The highest BCUT2D eigenvalue weighted by atomic mass is 79.9. The van der Waals surface area contributed by atoms with Gasteiger partial charge >= 0.3 is 0 Å². The van der Waals surface area contributed by atoms with Crippen molar-refractivity contribution in [3.05, 3.63) is 56.7 Å². The number of benzene rings is 2. The van der Waals surface area contributed by atoms with Crippen LogP contribution in [0.3, 0.4) is 0 Å². The zero-order valence-corrected chi connectivity index (χ0v) is 11.8. The van der Waals surface area contributed by atoms with Gasteiger partial charge in [0.15, 0.2) is 0 Å². The maximum absolute atomic E-state index is 12.8. The van der Waals surface area contributed by atoms with E-state index in [4.69, 9.17) is 0 Å². The van der Waals surface area contributed by atoms with Gasteiger partial charge in [0.2, 0.25) is 0 Å². The first-order chi connectivity index (χ1) is 7.58. The highest BCUT2D eigenvalue weighted by Gasteiger charge is 2.05. The molecule has 0 atom stereocenters. The van der Waals surface area contributed by atoms with Crippen molar-refractivity contribution in [1.29, 1.82) is 0 Å². The summed E-state index contributed by atoms with van der Waals surface area (Å²) in [6, 6.07) is 10.6. The second-order valence-corrected chi connectivity index (χ2v) is 5.28. The van der Waals surface area contributed by atoms with Crippen LogP contribution >= 0.6 is 31.9 Å². The molecular formula is C13H9Br2F. The standard InChI is InChI=1S/C13H9Br2F/c1-8-12(14)6-10(7-13(8)15)9-2-4-11(16)5-3-9/h2-7H,1H3. The summed E-state index contributed by atoms with van der Waals surface area (Å²) < 4.78 is 14.9. The summed E-state index contributed by atoms with van der Waals surface area (Å²) >= 11 is 7.01. The molecule has 16 heavy (non-hydrogen) atoms. The lowest BCUT2D eigenvalue weighted by atomic mass is 10.0. The first-order valence-electron chi connectivity index (χ1n) is 4.79. The summed E-state index contributed by atoms with van der Waals surface area (Å²) in [5.41, 5.74) is 3.22. The van der Waals surface area contributed by atoms with Crippen LogP contribution in [0.2, 0.25) is 0 Å². The van der Waals surface area contributed by atoms with Gasteiger partial charge in [-0.05, 0) is 47.9 Å². The Kier molecular flexibility index (Phi) is 3.45. The number of rotatable bonds is 1. The maximum atomic E-state index is 12.8. The van der Waals surface area contributed by atoms with Crippen LogP contribution in [0.1, 0.15) is 5.56 Å². The van der Waals surface area contributed by atoms with Gasteiger partial charge in [-0.15, -0.1) is 0 Å². The van der Waals surface area contributed by atoms with E-state index < -0.39 is 0 Å². The molecule has 0 heterocycles. The molecule has 3 heteroatoms. The summed E-state index contributed by atoms with van der Waals surface area (Å²) in [5, 5.41) is 0. The summed E-state index contributed by atoms with van der Waals surface area (Å²) in [6.07, 6.45) is 0. The van der Waals surface area contributed by atoms with Crippen molar-refractivity contribution < 1.29 is 4.39 Å². The lowest BCUT2D eigenvalue weighted by Gasteiger charge is -2.07. The molecule has 0 radical (unpaired) electrons. The van der Waals surface area contributed by atoms with Gasteiger partial charge < -0.3 is 0 Å². The van der Waals surface area contributed by atoms with E-state index in [0.29, 0.717) is 0 Å². The Morgan fingerprint density at radius 1 is 0.875 bits per heavy atom. The second-order valence-electron chi connectivity index (χ2n) is 3.57. The largest absolute Gasteiger partial charge is 0.207 e. The van der Waals surface area contributed by atoms with Gasteiger partial charge in [0.1, 0.15) is 5.82 Å². The molecule has 0 aliphatic heterocycles. The van der Waals surface area contributed by atoms with E-state index in [1.54, 1.807) is 12.1 Å². The van der Waals surface area contributed by atoms with Crippen molar-refractivity contribution >= 4 is 31.9 Å². The smallest absolute Gasteiger partial charge is 0.123 e. The Morgan fingerprint density at radius 2 is 1.38 bits per heavy atom. The molecule has 2 aromatic rings. The third-order valence-corrected chi connectivity index (χ3v) is 4.11. The van der Waals surface area contributed by atoms with Gasteiger partial charge in [-0.25, -0.2) is 4.39 Å². The zero-order chi connectivity index (χ0) is 11.7. The van der Waals surface area contributed by atoms with E-state index in [1.807, 2.05) is 19.1 Å². The Balaban J connectivity index is 2.52. The molecule has 0 N–H and O–H groups in total. The van der Waals surface area contributed by atoms with Crippen LogP contribution in [0.25, 0.3) is 11.1 Å². The summed E-state index contributed by atoms with van der Waals surface area (Å²) in [6.45, 7) is 2.03. The molecule has 0 fully saturated rings. The molecule has 0 spiro atoms. The predicted molar refractivity (Wildman–Crippen MR) is 72.0 cm³/mol. The van der Waals surface area contributed by atoms with Gasteiger partial charge in [0.05, 0.1) is 0 Å². The Morgan fingerprint density at radius 3 is 1.88 bits per heavy atom. The fourth-order valence-corrected chi connectivity index (χ4v) is 2.64. The molecule has 0 aliphatic carbocycles. The average molecular weight is 344 g/mol. The van der Waals surface area contributed by atoms with Gasteiger partial charge in [-0.2, -0.15) is 0 Å². The number of halogens is 3. The molecule has 2 rings (SSSR count). The van der Waals surface area contributed by atoms with Crippen LogP contribution in [0.5, 0.6) is 0 Å². The summed E-state index contributed by atoms with van der Waals surface area (Å²) in [7, 11) is 0. The van der Waals surface area contributed by atoms with E-state index in [2.05, 4.69) is 31.9 Å². The normalized spacial score (nSPS) is 10.5. The van der Waals surface area contributed by atoms with Gasteiger partial charge in [-0.1, -0.05) is 44.0 Å². The first-order valence-corrected chi connectivity index (χ1v) is 6.38. The second kappa shape index (κ2) is 4.68. The van der Waals surface area contributed by atoms with Crippen molar-refractivity contribution in [2.45, 2.75) is 6.92 Å². The zero-order valence-electron chi connectivity index (χ0n) is 8.60. The fourth-order valence-electron chi connectivity index (χ4n) is 1.45. The molecule has 0 nitrogen and oxygen atoms in total. The minimum absolute atomic E-state index is 0.214. The van der Waals surface area contributed by atoms with Crippen molar-refractivity contribution in [3.63, 3.8) is 0 Å². The highest BCUT2D eigenvalue weighted by molar-refractivity contribution is 9.11. The van der Waals surface area contributed by atoms with Crippen LogP contribution in [-0.4, -0.2) is 0 Å². The predicted octanol–water partition coefficient (Wildman–Crippen LogP) is 5.33. The van der Waals surface area contributed by atoms with E-state index in [-0.39, 0.29) is 5.82 Å². The molecule has 0 aromatic heterocycles. The van der Waals surface area contributed by atoms with Crippen molar-refractivity contribution in [2.75, 3.05) is 0 Å². The number of hydrogen-bond acceptors (Lipinski definition) is 0. The minimum Gasteiger partial charge on any atom is -0.207 e. The Bertz CT molecular complexity index is 495. The van der Waals surface area contributed by atoms with Gasteiger partial charge in [-0.3, -0.25) is 0 Å². The summed E-state index contributed by atoms with van der Waals surface area (Å²) in [4.78, 5) is 0. The lowest BCUT2D eigenvalue weighted by Crippen LogP contribution is -1.83. The molecule has 2 aromatic carbocycles. The average Bonchev–Trinajstić information content (AvgIpc) is 2.26. The molecule has 0 saturated carbocycles. The number of hydrogen-bond donors (Lipinski definition) is 0. The fraction of sp³-hybridized carbons (Fsp3) is 0.0769. The lowest BCUT2D eigenvalue weighted by molar-refractivity contribution is 0.628. The quantitative estimate of drug-likeness (QED) is 0.656. The highest BCUT2D eigenvalue weighted by Crippen LogP contribution is 2.31. The molecular weight excluding hydrogens is 335 g/mol. The Hall–Kier alpha value is -0.670. The van der Waals surface area contributed by atoms with Crippen LogP contribution in [0.15, 0.2) is 45.3 Å². The van der Waals surface area contributed by atoms with Crippen molar-refractivity contribution in [3.8, 4) is 11.1 Å². The maximum Gasteiger partial charge on any atom is 0.123 e. The molecule has 0 bridgehead atoms. The minimum atomic E-state index is -0.214. The third kappa shape index (κ3) is 2.36. The van der Waals surface area contributed by atoms with Gasteiger partial charge in [0, 0.05) is 8.95 Å². The molecule has 0 unspecified atom stereocenters. The molecule has 0 saturated heterocycles. The van der Waals surface area contributed by atoms with Crippen molar-refractivity contribution in [1.82, 2.24) is 0 Å². The first kappa shape index (κ1) is 11.8. The van der Waals surface area contributed by atoms with Gasteiger partial charge in [0.25, 0.3) is 0 Å². The molecule has 0 aliphatic rings. The van der Waals surface area contributed by atoms with E-state index >= 15 is 0 Å². The molecule has 0 amide bonds. The van der Waals surface area contributed by atoms with E-state index in [9.17, 15) is 4.39 Å². The van der Waals surface area contributed by atoms with Crippen LogP contribution in [0, 0.1) is 12.7 Å². The monoisotopic (exact) mass is 342 g/mol. The van der Waals surface area contributed by atoms with Crippen LogP contribution in [0.4, 0.5) is 4.39 Å². The topological polar surface area (TPSA) is 0 Å². The SMILES string of the molecule is Cc1c(Br)cc(-c2ccc(F)cc2)cc1Br. The van der Waals surface area contributed by atoms with E-state index in [0.717, 1.165) is 25.6 Å². The third-order valence-electron chi connectivity index (χ3n) is 2.46. The Labute approximate surface area is 111 Å². The van der Waals surface area contributed by atoms with E-state index in [1.165, 1.54) is 12.1 Å².